The minimum atomic E-state index is -3.36. The number of anilines is 2. The summed E-state index contributed by atoms with van der Waals surface area (Å²) < 4.78 is 38.4. The van der Waals surface area contributed by atoms with Crippen molar-refractivity contribution in [3.63, 3.8) is 0 Å². The van der Waals surface area contributed by atoms with Gasteiger partial charge >= 0.3 is 0 Å². The van der Waals surface area contributed by atoms with Gasteiger partial charge in [0.15, 0.2) is 0 Å². The van der Waals surface area contributed by atoms with Gasteiger partial charge in [-0.15, -0.1) is 0 Å². The van der Waals surface area contributed by atoms with E-state index in [0.29, 0.717) is 23.5 Å². The number of halogens is 2. The molecule has 2 aromatic rings. The number of sulfonamides is 1. The zero-order valence-electron chi connectivity index (χ0n) is 11.2. The Labute approximate surface area is 128 Å². The lowest BCUT2D eigenvalue weighted by Gasteiger charge is -2.13. The normalized spacial score (nSPS) is 11.2. The summed E-state index contributed by atoms with van der Waals surface area (Å²) in [4.78, 5) is 0. The fourth-order valence-corrected chi connectivity index (χ4v) is 2.47. The molecule has 2 aromatic carbocycles. The molecule has 2 N–H and O–H groups in total. The highest BCUT2D eigenvalue weighted by atomic mass is 35.5. The van der Waals surface area contributed by atoms with E-state index in [-0.39, 0.29) is 5.02 Å². The molecule has 21 heavy (non-hydrogen) atoms. The van der Waals surface area contributed by atoms with Gasteiger partial charge in [0, 0.05) is 6.54 Å². The largest absolute Gasteiger partial charge is 0.379 e. The van der Waals surface area contributed by atoms with Crippen LogP contribution in [0.15, 0.2) is 42.5 Å². The molecule has 7 heteroatoms. The molecule has 2 rings (SSSR count). The van der Waals surface area contributed by atoms with Crippen molar-refractivity contribution in [1.29, 1.82) is 0 Å². The summed E-state index contributed by atoms with van der Waals surface area (Å²) in [5, 5.41) is 3.13. The maximum Gasteiger partial charge on any atom is 0.229 e. The van der Waals surface area contributed by atoms with Crippen molar-refractivity contribution in [2.75, 3.05) is 16.3 Å². The highest BCUT2D eigenvalue weighted by Crippen LogP contribution is 2.23. The van der Waals surface area contributed by atoms with Crippen LogP contribution in [0.1, 0.15) is 5.56 Å². The Kier molecular flexibility index (Phi) is 4.69. The SMILES string of the molecule is CS(=O)(=O)Nc1ccccc1NCc1ccc(Cl)c(F)c1. The van der Waals surface area contributed by atoms with Crippen LogP contribution in [0.2, 0.25) is 5.02 Å². The van der Waals surface area contributed by atoms with E-state index in [1.165, 1.54) is 12.1 Å². The van der Waals surface area contributed by atoms with Crippen molar-refractivity contribution < 1.29 is 12.8 Å². The Morgan fingerprint density at radius 2 is 1.81 bits per heavy atom. The summed E-state index contributed by atoms with van der Waals surface area (Å²) in [7, 11) is -3.36. The first-order chi connectivity index (χ1) is 9.85. The first-order valence-electron chi connectivity index (χ1n) is 6.10. The van der Waals surface area contributed by atoms with Gasteiger partial charge in [0.2, 0.25) is 10.0 Å². The first-order valence-corrected chi connectivity index (χ1v) is 8.37. The minimum Gasteiger partial charge on any atom is -0.379 e. The van der Waals surface area contributed by atoms with Gasteiger partial charge in [-0.25, -0.2) is 12.8 Å². The van der Waals surface area contributed by atoms with Crippen LogP contribution in [0.3, 0.4) is 0 Å². The second kappa shape index (κ2) is 6.32. The van der Waals surface area contributed by atoms with Crippen molar-refractivity contribution in [3.8, 4) is 0 Å². The van der Waals surface area contributed by atoms with E-state index in [4.69, 9.17) is 11.6 Å². The van der Waals surface area contributed by atoms with Crippen LogP contribution in [-0.4, -0.2) is 14.7 Å². The van der Waals surface area contributed by atoms with Crippen molar-refractivity contribution in [2.45, 2.75) is 6.54 Å². The molecule has 0 saturated carbocycles. The quantitative estimate of drug-likeness (QED) is 0.883. The Morgan fingerprint density at radius 3 is 2.43 bits per heavy atom. The molecule has 0 unspecified atom stereocenters. The molecule has 4 nitrogen and oxygen atoms in total. The smallest absolute Gasteiger partial charge is 0.229 e. The van der Waals surface area contributed by atoms with Crippen LogP contribution in [0.25, 0.3) is 0 Å². The molecule has 0 amide bonds. The fourth-order valence-electron chi connectivity index (χ4n) is 1.77. The van der Waals surface area contributed by atoms with Crippen molar-refractivity contribution in [2.24, 2.45) is 0 Å². The highest BCUT2D eigenvalue weighted by molar-refractivity contribution is 7.92. The molecule has 0 aliphatic carbocycles. The van der Waals surface area contributed by atoms with Gasteiger partial charge in [-0.1, -0.05) is 29.8 Å². The zero-order chi connectivity index (χ0) is 15.5. The summed E-state index contributed by atoms with van der Waals surface area (Å²) in [5.74, 6) is -0.487. The predicted octanol–water partition coefficient (Wildman–Crippen LogP) is 3.46. The summed E-state index contributed by atoms with van der Waals surface area (Å²) in [6.45, 7) is 0.344. The van der Waals surface area contributed by atoms with Crippen LogP contribution in [0, 0.1) is 5.82 Å². The van der Waals surface area contributed by atoms with Gasteiger partial charge in [-0.2, -0.15) is 0 Å². The standard InChI is InChI=1S/C14H14ClFN2O2S/c1-21(19,20)18-14-5-3-2-4-13(14)17-9-10-6-7-11(15)12(16)8-10/h2-8,17-18H,9H2,1H3. The lowest BCUT2D eigenvalue weighted by Crippen LogP contribution is -2.12. The van der Waals surface area contributed by atoms with Gasteiger partial charge in [-0.05, 0) is 29.8 Å². The third-order valence-electron chi connectivity index (χ3n) is 2.69. The van der Waals surface area contributed by atoms with Crippen LogP contribution in [0.4, 0.5) is 15.8 Å². The van der Waals surface area contributed by atoms with Crippen LogP contribution < -0.4 is 10.0 Å². The molecule has 0 aliphatic heterocycles. The molecular formula is C14H14ClFN2O2S. The molecule has 0 radical (unpaired) electrons. The Balaban J connectivity index is 2.14. The van der Waals surface area contributed by atoms with Crippen LogP contribution in [0.5, 0.6) is 0 Å². The van der Waals surface area contributed by atoms with Crippen molar-refractivity contribution in [3.05, 3.63) is 58.9 Å². The van der Waals surface area contributed by atoms with Gasteiger partial charge in [-0.3, -0.25) is 4.72 Å². The third kappa shape index (κ3) is 4.61. The van der Waals surface area contributed by atoms with E-state index < -0.39 is 15.8 Å². The molecule has 0 fully saturated rings. The molecule has 112 valence electrons. The molecule has 0 atom stereocenters. The van der Waals surface area contributed by atoms with Gasteiger partial charge in [0.25, 0.3) is 0 Å². The van der Waals surface area contributed by atoms with Gasteiger partial charge in [0.1, 0.15) is 5.82 Å². The second-order valence-corrected chi connectivity index (χ2v) is 6.68. The van der Waals surface area contributed by atoms with E-state index in [1.807, 2.05) is 0 Å². The van der Waals surface area contributed by atoms with Crippen LogP contribution in [-0.2, 0) is 16.6 Å². The average Bonchev–Trinajstić information content (AvgIpc) is 2.40. The molecule has 0 heterocycles. The lowest BCUT2D eigenvalue weighted by molar-refractivity contribution is 0.607. The molecule has 0 aromatic heterocycles. The monoisotopic (exact) mass is 328 g/mol. The molecular weight excluding hydrogens is 315 g/mol. The summed E-state index contributed by atoms with van der Waals surface area (Å²) in [6.07, 6.45) is 1.08. The summed E-state index contributed by atoms with van der Waals surface area (Å²) >= 11 is 5.62. The van der Waals surface area contributed by atoms with Gasteiger partial charge in [0.05, 0.1) is 22.7 Å². The van der Waals surface area contributed by atoms with E-state index in [2.05, 4.69) is 10.0 Å². The second-order valence-electron chi connectivity index (χ2n) is 4.52. The molecule has 0 spiro atoms. The topological polar surface area (TPSA) is 58.2 Å². The van der Waals surface area contributed by atoms with Crippen LogP contribution >= 0.6 is 11.6 Å². The molecule has 0 saturated heterocycles. The minimum absolute atomic E-state index is 0.0675. The Bertz CT molecular complexity index is 750. The Morgan fingerprint density at radius 1 is 1.14 bits per heavy atom. The number of para-hydroxylation sites is 2. The Hall–Kier alpha value is -1.79. The summed E-state index contributed by atoms with van der Waals surface area (Å²) in [6, 6.07) is 11.4. The maximum atomic E-state index is 13.4. The fraction of sp³-hybridized carbons (Fsp3) is 0.143. The van der Waals surface area contributed by atoms with E-state index in [9.17, 15) is 12.8 Å². The third-order valence-corrected chi connectivity index (χ3v) is 3.59. The number of rotatable bonds is 5. The molecule has 0 bridgehead atoms. The maximum absolute atomic E-state index is 13.4. The molecule has 0 aliphatic rings. The number of hydrogen-bond acceptors (Lipinski definition) is 3. The van der Waals surface area contributed by atoms with E-state index in [0.717, 1.165) is 6.26 Å². The van der Waals surface area contributed by atoms with E-state index >= 15 is 0 Å². The first kappa shape index (κ1) is 15.6. The van der Waals surface area contributed by atoms with Crippen molar-refractivity contribution in [1.82, 2.24) is 0 Å². The predicted molar refractivity (Wildman–Crippen MR) is 83.6 cm³/mol. The number of benzene rings is 2. The number of nitrogens with one attached hydrogen (secondary N) is 2. The lowest BCUT2D eigenvalue weighted by atomic mass is 10.2. The average molecular weight is 329 g/mol. The summed E-state index contributed by atoms with van der Waals surface area (Å²) in [5.41, 5.74) is 1.75. The highest BCUT2D eigenvalue weighted by Gasteiger charge is 2.07. The van der Waals surface area contributed by atoms with Gasteiger partial charge < -0.3 is 5.32 Å². The zero-order valence-corrected chi connectivity index (χ0v) is 12.8. The van der Waals surface area contributed by atoms with E-state index in [1.54, 1.807) is 30.3 Å². The van der Waals surface area contributed by atoms with Crippen molar-refractivity contribution >= 4 is 33.0 Å². The number of hydrogen-bond donors (Lipinski definition) is 2.